The highest BCUT2D eigenvalue weighted by atomic mass is 32.2. The standard InChI is InChI=1S/C19H22N2O4S2/c1-13-11-26-19(21-13)27-12-14-5-2-3-7-16(14)18(23)25-10-17(22)20-9-15-6-4-8-24-15/h2-3,5,7,11,15H,4,6,8-10,12H2,1H3,(H,20,22)/t15-/m1/s1. The Morgan fingerprint density at radius 3 is 3.00 bits per heavy atom. The van der Waals surface area contributed by atoms with E-state index in [0.717, 1.165) is 35.0 Å². The zero-order chi connectivity index (χ0) is 19.1. The lowest BCUT2D eigenvalue weighted by Gasteiger charge is -2.12. The molecule has 1 amide bonds. The number of hydrogen-bond donors (Lipinski definition) is 1. The molecule has 2 heterocycles. The highest BCUT2D eigenvalue weighted by molar-refractivity contribution is 8.00. The van der Waals surface area contributed by atoms with Gasteiger partial charge in [0, 0.05) is 30.0 Å². The van der Waals surface area contributed by atoms with Crippen molar-refractivity contribution < 1.29 is 19.1 Å². The summed E-state index contributed by atoms with van der Waals surface area (Å²) in [6.07, 6.45) is 2.03. The van der Waals surface area contributed by atoms with Crippen LogP contribution < -0.4 is 5.32 Å². The number of thiazole rings is 1. The van der Waals surface area contributed by atoms with E-state index in [4.69, 9.17) is 9.47 Å². The zero-order valence-electron chi connectivity index (χ0n) is 15.1. The predicted molar refractivity (Wildman–Crippen MR) is 105 cm³/mol. The second kappa shape index (κ2) is 9.87. The van der Waals surface area contributed by atoms with Crippen LogP contribution >= 0.6 is 23.1 Å². The zero-order valence-corrected chi connectivity index (χ0v) is 16.7. The van der Waals surface area contributed by atoms with Gasteiger partial charge in [0.2, 0.25) is 0 Å². The van der Waals surface area contributed by atoms with E-state index in [0.29, 0.717) is 17.9 Å². The molecule has 3 rings (SSSR count). The van der Waals surface area contributed by atoms with Gasteiger partial charge in [0.15, 0.2) is 6.61 Å². The first-order valence-electron chi connectivity index (χ1n) is 8.80. The van der Waals surface area contributed by atoms with Crippen LogP contribution in [-0.4, -0.2) is 42.7 Å². The largest absolute Gasteiger partial charge is 0.452 e. The Morgan fingerprint density at radius 1 is 1.41 bits per heavy atom. The average Bonchev–Trinajstić information content (AvgIpc) is 3.34. The molecule has 0 aliphatic carbocycles. The quantitative estimate of drug-likeness (QED) is 0.536. The van der Waals surface area contributed by atoms with Crippen LogP contribution in [0.3, 0.4) is 0 Å². The second-order valence-corrected chi connectivity index (χ2v) is 8.30. The third kappa shape index (κ3) is 6.05. The number of benzene rings is 1. The first-order chi connectivity index (χ1) is 13.1. The molecule has 1 saturated heterocycles. The van der Waals surface area contributed by atoms with Crippen molar-refractivity contribution in [2.75, 3.05) is 19.8 Å². The molecule has 0 saturated carbocycles. The summed E-state index contributed by atoms with van der Waals surface area (Å²) in [5, 5.41) is 4.74. The van der Waals surface area contributed by atoms with Crippen LogP contribution in [-0.2, 0) is 20.0 Å². The molecule has 144 valence electrons. The number of carbonyl (C=O) groups excluding carboxylic acids is 2. The van der Waals surface area contributed by atoms with E-state index in [1.807, 2.05) is 24.4 Å². The minimum absolute atomic E-state index is 0.0666. The van der Waals surface area contributed by atoms with E-state index < -0.39 is 5.97 Å². The van der Waals surface area contributed by atoms with Gasteiger partial charge in [0.1, 0.15) is 4.34 Å². The molecule has 1 N–H and O–H groups in total. The first kappa shape index (κ1) is 19.9. The van der Waals surface area contributed by atoms with E-state index in [2.05, 4.69) is 10.3 Å². The van der Waals surface area contributed by atoms with E-state index >= 15 is 0 Å². The van der Waals surface area contributed by atoms with Gasteiger partial charge in [-0.1, -0.05) is 30.0 Å². The molecule has 27 heavy (non-hydrogen) atoms. The van der Waals surface area contributed by atoms with Gasteiger partial charge in [0.25, 0.3) is 5.91 Å². The van der Waals surface area contributed by atoms with E-state index in [-0.39, 0.29) is 18.6 Å². The maximum Gasteiger partial charge on any atom is 0.338 e. The molecule has 0 unspecified atom stereocenters. The normalized spacial score (nSPS) is 16.3. The summed E-state index contributed by atoms with van der Waals surface area (Å²) < 4.78 is 11.6. The maximum atomic E-state index is 12.4. The number of nitrogens with zero attached hydrogens (tertiary/aromatic N) is 1. The van der Waals surface area contributed by atoms with Crippen LogP contribution in [0.5, 0.6) is 0 Å². The summed E-state index contributed by atoms with van der Waals surface area (Å²) in [5.74, 6) is -0.193. The van der Waals surface area contributed by atoms with Crippen LogP contribution in [0.25, 0.3) is 0 Å². The SMILES string of the molecule is Cc1csc(SCc2ccccc2C(=O)OCC(=O)NC[C@H]2CCCO2)n1. The van der Waals surface area contributed by atoms with E-state index in [1.165, 1.54) is 0 Å². The molecule has 1 atom stereocenters. The average molecular weight is 407 g/mol. The van der Waals surface area contributed by atoms with Crippen molar-refractivity contribution >= 4 is 35.0 Å². The molecule has 1 fully saturated rings. The van der Waals surface area contributed by atoms with Gasteiger partial charge in [0.05, 0.1) is 11.7 Å². The summed E-state index contributed by atoms with van der Waals surface area (Å²) in [5.41, 5.74) is 2.33. The number of esters is 1. The first-order valence-corrected chi connectivity index (χ1v) is 10.7. The summed E-state index contributed by atoms with van der Waals surface area (Å²) >= 11 is 3.16. The fourth-order valence-corrected chi connectivity index (χ4v) is 4.53. The second-order valence-electron chi connectivity index (χ2n) is 6.22. The molecule has 1 aromatic heterocycles. The number of rotatable bonds is 8. The number of aromatic nitrogens is 1. The van der Waals surface area contributed by atoms with Crippen molar-refractivity contribution in [2.45, 2.75) is 36.0 Å². The fraction of sp³-hybridized carbons (Fsp3) is 0.421. The summed E-state index contributed by atoms with van der Waals surface area (Å²) in [7, 11) is 0. The maximum absolute atomic E-state index is 12.4. The number of carbonyl (C=O) groups is 2. The number of thioether (sulfide) groups is 1. The van der Waals surface area contributed by atoms with E-state index in [9.17, 15) is 9.59 Å². The number of aryl methyl sites for hydroxylation is 1. The Kier molecular flexibility index (Phi) is 7.25. The molecular weight excluding hydrogens is 384 g/mol. The topological polar surface area (TPSA) is 77.5 Å². The minimum Gasteiger partial charge on any atom is -0.452 e. The van der Waals surface area contributed by atoms with Crippen molar-refractivity contribution in [3.8, 4) is 0 Å². The molecule has 8 heteroatoms. The Hall–Kier alpha value is -1.90. The van der Waals surface area contributed by atoms with Crippen LogP contribution in [0.4, 0.5) is 0 Å². The number of ether oxygens (including phenoxy) is 2. The lowest BCUT2D eigenvalue weighted by atomic mass is 10.1. The van der Waals surface area contributed by atoms with Gasteiger partial charge in [-0.3, -0.25) is 4.79 Å². The minimum atomic E-state index is -0.492. The Morgan fingerprint density at radius 2 is 2.26 bits per heavy atom. The van der Waals surface area contributed by atoms with Crippen molar-refractivity contribution in [3.63, 3.8) is 0 Å². The van der Waals surface area contributed by atoms with Gasteiger partial charge in [-0.2, -0.15) is 0 Å². The molecule has 6 nitrogen and oxygen atoms in total. The third-order valence-electron chi connectivity index (χ3n) is 4.07. The molecule has 2 aromatic rings. The van der Waals surface area contributed by atoms with Gasteiger partial charge in [-0.05, 0) is 31.4 Å². The summed E-state index contributed by atoms with van der Waals surface area (Å²) in [6.45, 7) is 2.86. The van der Waals surface area contributed by atoms with Gasteiger partial charge >= 0.3 is 5.97 Å². The van der Waals surface area contributed by atoms with Crippen molar-refractivity contribution in [1.29, 1.82) is 0 Å². The van der Waals surface area contributed by atoms with Gasteiger partial charge < -0.3 is 14.8 Å². The molecule has 1 aliphatic heterocycles. The molecule has 0 spiro atoms. The van der Waals surface area contributed by atoms with Crippen LogP contribution in [0.1, 0.15) is 34.5 Å². The molecule has 0 radical (unpaired) electrons. The summed E-state index contributed by atoms with van der Waals surface area (Å²) in [6, 6.07) is 7.28. The lowest BCUT2D eigenvalue weighted by Crippen LogP contribution is -2.34. The van der Waals surface area contributed by atoms with Crippen molar-refractivity contribution in [1.82, 2.24) is 10.3 Å². The Bertz CT molecular complexity index is 788. The molecule has 1 aromatic carbocycles. The number of hydrogen-bond acceptors (Lipinski definition) is 7. The fourth-order valence-electron chi connectivity index (χ4n) is 2.68. The van der Waals surface area contributed by atoms with Gasteiger partial charge in [-0.25, -0.2) is 9.78 Å². The van der Waals surface area contributed by atoms with Crippen LogP contribution in [0.2, 0.25) is 0 Å². The molecule has 1 aliphatic rings. The smallest absolute Gasteiger partial charge is 0.338 e. The van der Waals surface area contributed by atoms with Crippen LogP contribution in [0, 0.1) is 6.92 Å². The number of nitrogens with one attached hydrogen (secondary N) is 1. The Balaban J connectivity index is 1.49. The molecule has 0 bridgehead atoms. The Labute approximate surface area is 166 Å². The third-order valence-corrected chi connectivity index (χ3v) is 6.26. The summed E-state index contributed by atoms with van der Waals surface area (Å²) in [4.78, 5) is 28.7. The lowest BCUT2D eigenvalue weighted by molar-refractivity contribution is -0.124. The highest BCUT2D eigenvalue weighted by Crippen LogP contribution is 2.27. The van der Waals surface area contributed by atoms with Crippen LogP contribution in [0.15, 0.2) is 34.0 Å². The highest BCUT2D eigenvalue weighted by Gasteiger charge is 2.18. The number of amides is 1. The van der Waals surface area contributed by atoms with Gasteiger partial charge in [-0.15, -0.1) is 11.3 Å². The van der Waals surface area contributed by atoms with Crippen molar-refractivity contribution in [2.24, 2.45) is 0 Å². The predicted octanol–water partition coefficient (Wildman–Crippen LogP) is 3.20. The molecular formula is C19H22N2O4S2. The monoisotopic (exact) mass is 406 g/mol. The van der Waals surface area contributed by atoms with E-state index in [1.54, 1.807) is 35.2 Å². The van der Waals surface area contributed by atoms with Crippen molar-refractivity contribution in [3.05, 3.63) is 46.5 Å².